The molecule has 76 valence electrons. The molecule has 2 nitrogen and oxygen atoms in total. The van der Waals surface area contributed by atoms with Crippen LogP contribution in [0.25, 0.3) is 0 Å². The molecule has 1 saturated carbocycles. The number of fused-ring (bicyclic) bond motifs is 1. The summed E-state index contributed by atoms with van der Waals surface area (Å²) in [6.07, 6.45) is 3.26. The molecule has 0 radical (unpaired) electrons. The van der Waals surface area contributed by atoms with Gasteiger partial charge < -0.3 is 4.74 Å². The zero-order valence-corrected chi connectivity index (χ0v) is 8.96. The number of esters is 1. The van der Waals surface area contributed by atoms with Crippen LogP contribution in [0.5, 0.6) is 0 Å². The number of allylic oxidation sites excluding steroid dienone is 2. The summed E-state index contributed by atoms with van der Waals surface area (Å²) in [6, 6.07) is 0. The second kappa shape index (κ2) is 2.72. The lowest BCUT2D eigenvalue weighted by molar-refractivity contribution is -0.136. The summed E-state index contributed by atoms with van der Waals surface area (Å²) in [4.78, 5) is 10.8. The lowest BCUT2D eigenvalue weighted by atomic mass is 9.99. The number of hydrogen-bond donors (Lipinski definition) is 0. The summed E-state index contributed by atoms with van der Waals surface area (Å²) in [6.45, 7) is 9.74. The summed E-state index contributed by atoms with van der Waals surface area (Å²) < 4.78 is 5.02. The molecule has 0 aromatic carbocycles. The third-order valence-corrected chi connectivity index (χ3v) is 3.57. The molecule has 0 aliphatic heterocycles. The van der Waals surface area contributed by atoms with Gasteiger partial charge in [0.1, 0.15) is 5.76 Å². The van der Waals surface area contributed by atoms with Gasteiger partial charge in [0.15, 0.2) is 0 Å². The van der Waals surface area contributed by atoms with Crippen molar-refractivity contribution >= 4 is 5.97 Å². The van der Waals surface area contributed by atoms with Crippen molar-refractivity contribution in [1.82, 2.24) is 0 Å². The highest BCUT2D eigenvalue weighted by molar-refractivity contribution is 5.68. The highest BCUT2D eigenvalue weighted by Crippen LogP contribution is 2.67. The van der Waals surface area contributed by atoms with E-state index in [9.17, 15) is 4.79 Å². The van der Waals surface area contributed by atoms with Gasteiger partial charge in [0.05, 0.1) is 0 Å². The molecule has 0 saturated heterocycles. The summed E-state index contributed by atoms with van der Waals surface area (Å²) in [5, 5.41) is 0. The Labute approximate surface area is 84.6 Å². The van der Waals surface area contributed by atoms with Gasteiger partial charge >= 0.3 is 5.97 Å². The highest BCUT2D eigenvalue weighted by atomic mass is 16.5. The Balaban J connectivity index is 2.07. The maximum atomic E-state index is 10.8. The monoisotopic (exact) mass is 192 g/mol. The first kappa shape index (κ1) is 9.50. The van der Waals surface area contributed by atoms with Crippen LogP contribution in [-0.2, 0) is 9.53 Å². The predicted octanol–water partition coefficient (Wildman–Crippen LogP) is 2.67. The molecule has 0 spiro atoms. The first-order valence-corrected chi connectivity index (χ1v) is 5.02. The molecule has 2 heteroatoms. The van der Waals surface area contributed by atoms with Crippen molar-refractivity contribution in [2.45, 2.75) is 27.2 Å². The van der Waals surface area contributed by atoms with Crippen molar-refractivity contribution in [3.05, 3.63) is 24.0 Å². The van der Waals surface area contributed by atoms with Gasteiger partial charge in [-0.2, -0.15) is 0 Å². The number of carbonyl (C=O) groups is 1. The van der Waals surface area contributed by atoms with Gasteiger partial charge in [0, 0.05) is 6.92 Å². The van der Waals surface area contributed by atoms with Gasteiger partial charge in [0.25, 0.3) is 0 Å². The number of ether oxygens (including phenoxy) is 1. The second-order valence-electron chi connectivity index (χ2n) is 4.82. The fourth-order valence-corrected chi connectivity index (χ4v) is 2.70. The number of carbonyl (C=O) groups excluding carboxylic acids is 1. The zero-order valence-electron chi connectivity index (χ0n) is 8.96. The van der Waals surface area contributed by atoms with Crippen LogP contribution in [-0.4, -0.2) is 5.97 Å². The molecule has 14 heavy (non-hydrogen) atoms. The van der Waals surface area contributed by atoms with E-state index < -0.39 is 0 Å². The Kier molecular flexibility index (Phi) is 1.85. The van der Waals surface area contributed by atoms with Crippen LogP contribution in [0.1, 0.15) is 27.2 Å². The van der Waals surface area contributed by atoms with Gasteiger partial charge in [-0.15, -0.1) is 0 Å². The minimum atomic E-state index is -0.280. The molecule has 2 rings (SSSR count). The molecule has 0 N–H and O–H groups in total. The Morgan fingerprint density at radius 3 is 2.71 bits per heavy atom. The summed E-state index contributed by atoms with van der Waals surface area (Å²) in [5.74, 6) is 1.58. The van der Waals surface area contributed by atoms with Gasteiger partial charge in [0.2, 0.25) is 0 Å². The third-order valence-electron chi connectivity index (χ3n) is 3.57. The molecule has 0 aromatic heterocycles. The molecular weight excluding hydrogens is 176 g/mol. The van der Waals surface area contributed by atoms with Crippen LogP contribution < -0.4 is 0 Å². The molecule has 2 atom stereocenters. The van der Waals surface area contributed by atoms with E-state index in [0.717, 1.165) is 17.9 Å². The Bertz CT molecular complexity index is 336. The van der Waals surface area contributed by atoms with Gasteiger partial charge in [-0.1, -0.05) is 26.5 Å². The van der Waals surface area contributed by atoms with Crippen molar-refractivity contribution in [2.24, 2.45) is 17.3 Å². The van der Waals surface area contributed by atoms with Crippen LogP contribution >= 0.6 is 0 Å². The maximum absolute atomic E-state index is 10.8. The molecule has 0 amide bonds. The molecule has 2 aliphatic carbocycles. The quantitative estimate of drug-likeness (QED) is 0.496. The zero-order chi connectivity index (χ0) is 10.5. The Hall–Kier alpha value is -1.05. The summed E-state index contributed by atoms with van der Waals surface area (Å²) in [7, 11) is 0. The largest absolute Gasteiger partial charge is 0.427 e. The van der Waals surface area contributed by atoms with E-state index in [0.29, 0.717) is 17.1 Å². The maximum Gasteiger partial charge on any atom is 0.308 e. The first-order chi connectivity index (χ1) is 6.44. The van der Waals surface area contributed by atoms with E-state index in [1.54, 1.807) is 0 Å². The van der Waals surface area contributed by atoms with E-state index >= 15 is 0 Å². The number of hydrogen-bond acceptors (Lipinski definition) is 2. The SMILES string of the molecule is C=C(OC(C)=O)C1=CCC2C1C2(C)C. The Morgan fingerprint density at radius 1 is 1.64 bits per heavy atom. The van der Waals surface area contributed by atoms with Crippen molar-refractivity contribution in [3.8, 4) is 0 Å². The predicted molar refractivity (Wildman–Crippen MR) is 54.4 cm³/mol. The molecule has 0 heterocycles. The minimum absolute atomic E-state index is 0.280. The van der Waals surface area contributed by atoms with Crippen molar-refractivity contribution in [2.75, 3.05) is 0 Å². The fourth-order valence-electron chi connectivity index (χ4n) is 2.70. The number of rotatable bonds is 2. The van der Waals surface area contributed by atoms with E-state index in [-0.39, 0.29) is 5.97 Å². The average molecular weight is 192 g/mol. The van der Waals surface area contributed by atoms with Crippen LogP contribution in [0.3, 0.4) is 0 Å². The van der Waals surface area contributed by atoms with Crippen molar-refractivity contribution < 1.29 is 9.53 Å². The van der Waals surface area contributed by atoms with E-state index in [1.807, 2.05) is 0 Å². The fraction of sp³-hybridized carbons (Fsp3) is 0.583. The standard InChI is InChI=1S/C12H16O2/c1-7(14-8(2)13)9-5-6-10-11(9)12(10,3)4/h5,10-11H,1,6H2,2-4H3. The molecule has 2 unspecified atom stereocenters. The topological polar surface area (TPSA) is 26.3 Å². The van der Waals surface area contributed by atoms with E-state index in [4.69, 9.17) is 4.74 Å². The van der Waals surface area contributed by atoms with Crippen molar-refractivity contribution in [1.29, 1.82) is 0 Å². The molecule has 2 aliphatic rings. The lowest BCUT2D eigenvalue weighted by Crippen LogP contribution is -2.04. The Morgan fingerprint density at radius 2 is 2.29 bits per heavy atom. The summed E-state index contributed by atoms with van der Waals surface area (Å²) >= 11 is 0. The van der Waals surface area contributed by atoms with Crippen LogP contribution in [0.2, 0.25) is 0 Å². The first-order valence-electron chi connectivity index (χ1n) is 5.02. The third kappa shape index (κ3) is 1.21. The summed E-state index contributed by atoms with van der Waals surface area (Å²) in [5.41, 5.74) is 1.53. The molecule has 0 bridgehead atoms. The minimum Gasteiger partial charge on any atom is -0.427 e. The van der Waals surface area contributed by atoms with Crippen LogP contribution in [0.4, 0.5) is 0 Å². The van der Waals surface area contributed by atoms with Crippen LogP contribution in [0.15, 0.2) is 24.0 Å². The lowest BCUT2D eigenvalue weighted by Gasteiger charge is -2.11. The van der Waals surface area contributed by atoms with Crippen LogP contribution in [0, 0.1) is 17.3 Å². The van der Waals surface area contributed by atoms with E-state index in [1.165, 1.54) is 6.92 Å². The highest BCUT2D eigenvalue weighted by Gasteiger charge is 2.61. The van der Waals surface area contributed by atoms with Gasteiger partial charge in [-0.05, 0) is 29.2 Å². The average Bonchev–Trinajstić information content (AvgIpc) is 2.46. The van der Waals surface area contributed by atoms with Crippen molar-refractivity contribution in [3.63, 3.8) is 0 Å². The molecule has 0 aromatic rings. The smallest absolute Gasteiger partial charge is 0.308 e. The van der Waals surface area contributed by atoms with Gasteiger partial charge in [-0.25, -0.2) is 0 Å². The molecular formula is C12H16O2. The van der Waals surface area contributed by atoms with E-state index in [2.05, 4.69) is 26.5 Å². The second-order valence-corrected chi connectivity index (χ2v) is 4.82. The molecule has 1 fully saturated rings. The van der Waals surface area contributed by atoms with Gasteiger partial charge in [-0.3, -0.25) is 4.79 Å². The normalized spacial score (nSPS) is 31.8.